The first-order valence-corrected chi connectivity index (χ1v) is 7.41. The summed E-state index contributed by atoms with van der Waals surface area (Å²) in [6.07, 6.45) is 7.12. The van der Waals surface area contributed by atoms with Crippen LogP contribution in [0.1, 0.15) is 39.0 Å². The third kappa shape index (κ3) is 3.21. The highest BCUT2D eigenvalue weighted by atomic mass is 15.3. The van der Waals surface area contributed by atoms with Gasteiger partial charge in [-0.3, -0.25) is 4.90 Å². The molecule has 0 amide bonds. The Bertz CT molecular complexity index is 216. The van der Waals surface area contributed by atoms with Gasteiger partial charge in [-0.2, -0.15) is 0 Å². The maximum atomic E-state index is 3.61. The Kier molecular flexibility index (Phi) is 4.83. The molecule has 0 radical (unpaired) electrons. The predicted octanol–water partition coefficient (Wildman–Crippen LogP) is 1.55. The first kappa shape index (κ1) is 13.3. The molecule has 2 rings (SSSR count). The van der Waals surface area contributed by atoms with Crippen molar-refractivity contribution in [2.24, 2.45) is 0 Å². The summed E-state index contributed by atoms with van der Waals surface area (Å²) in [6.45, 7) is 9.55. The van der Waals surface area contributed by atoms with Gasteiger partial charge in [-0.25, -0.2) is 0 Å². The van der Waals surface area contributed by atoms with Gasteiger partial charge in [0, 0.05) is 38.3 Å². The van der Waals surface area contributed by atoms with E-state index in [1.165, 1.54) is 64.8 Å². The van der Waals surface area contributed by atoms with E-state index in [9.17, 15) is 0 Å². The quantitative estimate of drug-likeness (QED) is 0.803. The van der Waals surface area contributed by atoms with Crippen molar-refractivity contribution in [3.8, 4) is 0 Å². The zero-order chi connectivity index (χ0) is 12.1. The van der Waals surface area contributed by atoms with E-state index in [1.54, 1.807) is 0 Å². The molecule has 1 aliphatic heterocycles. The Morgan fingerprint density at radius 1 is 1.00 bits per heavy atom. The molecule has 1 N–H and O–H groups in total. The lowest BCUT2D eigenvalue weighted by Gasteiger charge is -2.49. The third-order valence-electron chi connectivity index (χ3n) is 4.66. The highest BCUT2D eigenvalue weighted by Gasteiger charge is 2.38. The van der Waals surface area contributed by atoms with Crippen LogP contribution in [-0.2, 0) is 0 Å². The normalized spacial score (nSPS) is 27.2. The summed E-state index contributed by atoms with van der Waals surface area (Å²) in [7, 11) is 2.25. The summed E-state index contributed by atoms with van der Waals surface area (Å²) in [4.78, 5) is 5.25. The van der Waals surface area contributed by atoms with E-state index >= 15 is 0 Å². The van der Waals surface area contributed by atoms with E-state index in [1.807, 2.05) is 0 Å². The molecule has 1 heterocycles. The first-order chi connectivity index (χ1) is 8.27. The van der Waals surface area contributed by atoms with E-state index in [2.05, 4.69) is 29.1 Å². The van der Waals surface area contributed by atoms with Gasteiger partial charge in [0.2, 0.25) is 0 Å². The smallest absolute Gasteiger partial charge is 0.0335 e. The van der Waals surface area contributed by atoms with Crippen molar-refractivity contribution in [3.05, 3.63) is 0 Å². The fourth-order valence-electron chi connectivity index (χ4n) is 3.45. The number of hydrogen-bond donors (Lipinski definition) is 1. The summed E-state index contributed by atoms with van der Waals surface area (Å²) in [5, 5.41) is 3.61. The average molecular weight is 239 g/mol. The van der Waals surface area contributed by atoms with Crippen molar-refractivity contribution in [2.75, 3.05) is 46.3 Å². The molecule has 1 aliphatic carbocycles. The van der Waals surface area contributed by atoms with Crippen LogP contribution in [0.25, 0.3) is 0 Å². The van der Waals surface area contributed by atoms with Crippen LogP contribution in [0.2, 0.25) is 0 Å². The van der Waals surface area contributed by atoms with Crippen molar-refractivity contribution in [3.63, 3.8) is 0 Å². The van der Waals surface area contributed by atoms with Gasteiger partial charge in [0.15, 0.2) is 0 Å². The number of likely N-dealkylation sites (N-methyl/N-ethyl adjacent to an activating group) is 2. The van der Waals surface area contributed by atoms with Crippen LogP contribution in [0.4, 0.5) is 0 Å². The molecule has 100 valence electrons. The number of nitrogens with zero attached hydrogens (tertiary/aromatic N) is 2. The van der Waals surface area contributed by atoms with Crippen LogP contribution in [0.15, 0.2) is 0 Å². The molecule has 0 aromatic heterocycles. The van der Waals surface area contributed by atoms with E-state index in [-0.39, 0.29) is 0 Å². The van der Waals surface area contributed by atoms with Crippen molar-refractivity contribution >= 4 is 0 Å². The molecule has 0 spiro atoms. The summed E-state index contributed by atoms with van der Waals surface area (Å²) < 4.78 is 0. The molecule has 0 aromatic carbocycles. The van der Waals surface area contributed by atoms with Gasteiger partial charge in [-0.1, -0.05) is 26.2 Å². The summed E-state index contributed by atoms with van der Waals surface area (Å²) >= 11 is 0. The van der Waals surface area contributed by atoms with Crippen molar-refractivity contribution in [2.45, 2.75) is 44.6 Å². The number of piperazine rings is 1. The van der Waals surface area contributed by atoms with Gasteiger partial charge in [0.1, 0.15) is 0 Å². The van der Waals surface area contributed by atoms with Gasteiger partial charge in [0.05, 0.1) is 0 Å². The molecule has 2 fully saturated rings. The highest BCUT2D eigenvalue weighted by molar-refractivity contribution is 4.96. The maximum Gasteiger partial charge on any atom is 0.0335 e. The predicted molar refractivity (Wildman–Crippen MR) is 73.4 cm³/mol. The number of rotatable bonds is 4. The summed E-state index contributed by atoms with van der Waals surface area (Å²) in [6, 6.07) is 0. The second kappa shape index (κ2) is 6.17. The van der Waals surface area contributed by atoms with Crippen LogP contribution in [0.3, 0.4) is 0 Å². The Hall–Kier alpha value is -0.120. The fraction of sp³-hybridized carbons (Fsp3) is 1.00. The fourth-order valence-corrected chi connectivity index (χ4v) is 3.45. The molecule has 17 heavy (non-hydrogen) atoms. The van der Waals surface area contributed by atoms with Gasteiger partial charge in [-0.15, -0.1) is 0 Å². The Morgan fingerprint density at radius 3 is 2.24 bits per heavy atom. The van der Waals surface area contributed by atoms with E-state index in [4.69, 9.17) is 0 Å². The zero-order valence-corrected chi connectivity index (χ0v) is 11.7. The van der Waals surface area contributed by atoms with Crippen LogP contribution in [-0.4, -0.2) is 61.7 Å². The minimum absolute atomic E-state index is 0.482. The molecule has 2 aliphatic rings. The number of nitrogens with one attached hydrogen (secondary N) is 1. The van der Waals surface area contributed by atoms with Gasteiger partial charge in [-0.05, 0) is 26.4 Å². The second-order valence-corrected chi connectivity index (χ2v) is 5.86. The standard InChI is InChI=1S/C14H29N3/c1-3-15-13-14(7-5-4-6-8-14)17-11-9-16(2)10-12-17/h15H,3-13H2,1-2H3. The molecule has 3 heteroatoms. The first-order valence-electron chi connectivity index (χ1n) is 7.41. The van der Waals surface area contributed by atoms with Crippen LogP contribution < -0.4 is 5.32 Å². The van der Waals surface area contributed by atoms with Gasteiger partial charge < -0.3 is 10.2 Å². The molecule has 1 saturated heterocycles. The average Bonchev–Trinajstić information content (AvgIpc) is 2.38. The molecular formula is C14H29N3. The second-order valence-electron chi connectivity index (χ2n) is 5.86. The third-order valence-corrected chi connectivity index (χ3v) is 4.66. The van der Waals surface area contributed by atoms with Crippen LogP contribution in [0.5, 0.6) is 0 Å². The lowest BCUT2D eigenvalue weighted by atomic mass is 9.79. The van der Waals surface area contributed by atoms with Gasteiger partial charge >= 0.3 is 0 Å². The molecule has 1 saturated carbocycles. The van der Waals surface area contributed by atoms with Crippen molar-refractivity contribution < 1.29 is 0 Å². The molecule has 0 atom stereocenters. The molecule has 0 bridgehead atoms. The molecule has 0 aromatic rings. The SMILES string of the molecule is CCNCC1(N2CCN(C)CC2)CCCCC1. The van der Waals surface area contributed by atoms with Crippen LogP contribution >= 0.6 is 0 Å². The lowest BCUT2D eigenvalue weighted by molar-refractivity contribution is 0.0141. The maximum absolute atomic E-state index is 3.61. The summed E-state index contributed by atoms with van der Waals surface area (Å²) in [5.74, 6) is 0. The molecule has 0 unspecified atom stereocenters. The minimum Gasteiger partial charge on any atom is -0.315 e. The Balaban J connectivity index is 1.98. The summed E-state index contributed by atoms with van der Waals surface area (Å²) in [5.41, 5.74) is 0.482. The van der Waals surface area contributed by atoms with E-state index in [0.717, 1.165) is 6.54 Å². The molecular weight excluding hydrogens is 210 g/mol. The monoisotopic (exact) mass is 239 g/mol. The molecule has 3 nitrogen and oxygen atoms in total. The zero-order valence-electron chi connectivity index (χ0n) is 11.7. The van der Waals surface area contributed by atoms with E-state index in [0.29, 0.717) is 5.54 Å². The Labute approximate surface area is 107 Å². The van der Waals surface area contributed by atoms with Crippen LogP contribution in [0, 0.1) is 0 Å². The van der Waals surface area contributed by atoms with Crippen molar-refractivity contribution in [1.29, 1.82) is 0 Å². The topological polar surface area (TPSA) is 18.5 Å². The largest absolute Gasteiger partial charge is 0.315 e. The van der Waals surface area contributed by atoms with Crippen molar-refractivity contribution in [1.82, 2.24) is 15.1 Å². The number of hydrogen-bond acceptors (Lipinski definition) is 3. The Morgan fingerprint density at radius 2 is 1.65 bits per heavy atom. The van der Waals surface area contributed by atoms with Gasteiger partial charge in [0.25, 0.3) is 0 Å². The minimum atomic E-state index is 0.482. The van der Waals surface area contributed by atoms with E-state index < -0.39 is 0 Å². The highest BCUT2D eigenvalue weighted by Crippen LogP contribution is 2.33. The lowest BCUT2D eigenvalue weighted by Crippen LogP contribution is -2.61.